The number of halogens is 2. The largest absolute Gasteiger partial charge is 0.457 e. The topological polar surface area (TPSA) is 76.7 Å². The van der Waals surface area contributed by atoms with Crippen molar-refractivity contribution in [2.75, 3.05) is 0 Å². The average Bonchev–Trinajstić information content (AvgIpc) is 3.44. The lowest BCUT2D eigenvalue weighted by Gasteiger charge is -2.62. The maximum Gasteiger partial charge on any atom is 0.374 e. The van der Waals surface area contributed by atoms with Crippen LogP contribution in [0.1, 0.15) is 63.9 Å². The molecule has 4 aliphatic carbocycles. The Labute approximate surface area is 210 Å². The zero-order valence-electron chi connectivity index (χ0n) is 21.0. The molecule has 0 aliphatic heterocycles. The van der Waals surface area contributed by atoms with Crippen LogP contribution < -0.4 is 0 Å². The number of furan rings is 1. The zero-order chi connectivity index (χ0) is 26.0. The molecular weight excluding hydrogens is 466 g/mol. The lowest BCUT2D eigenvalue weighted by atomic mass is 9.45. The fraction of sp³-hybridized carbons (Fsp3) is 0.586. The first-order chi connectivity index (χ1) is 17.0. The molecule has 4 aliphatic rings. The molecule has 9 atom stereocenters. The summed E-state index contributed by atoms with van der Waals surface area (Å²) >= 11 is 0. The van der Waals surface area contributed by atoms with E-state index >= 15 is 8.78 Å². The fourth-order valence-corrected chi connectivity index (χ4v) is 7.84. The maximum absolute atomic E-state index is 17.5. The minimum atomic E-state index is -2.18. The Morgan fingerprint density at radius 1 is 1.31 bits per heavy atom. The van der Waals surface area contributed by atoms with E-state index in [9.17, 15) is 14.7 Å². The second-order valence-corrected chi connectivity index (χ2v) is 11.4. The van der Waals surface area contributed by atoms with Crippen molar-refractivity contribution in [1.82, 2.24) is 0 Å². The van der Waals surface area contributed by atoms with Gasteiger partial charge in [0.05, 0.1) is 12.4 Å². The third-order valence-corrected chi connectivity index (χ3v) is 9.45. The minimum absolute atomic E-state index is 0.0524. The molecule has 5 nitrogen and oxygen atoms in total. The highest BCUT2D eigenvalue weighted by atomic mass is 19.1. The molecule has 1 N–H and O–H groups in total. The number of carbonyl (C=O) groups is 2. The Kier molecular flexibility index (Phi) is 5.83. The van der Waals surface area contributed by atoms with Crippen LogP contribution in [0.15, 0.2) is 46.1 Å². The highest BCUT2D eigenvalue weighted by Gasteiger charge is 2.73. The van der Waals surface area contributed by atoms with Gasteiger partial charge in [0.15, 0.2) is 11.5 Å². The maximum atomic E-state index is 17.5. The van der Waals surface area contributed by atoms with Crippen molar-refractivity contribution in [3.8, 4) is 11.8 Å². The number of aliphatic hydroxyl groups is 1. The molecule has 3 fully saturated rings. The van der Waals surface area contributed by atoms with E-state index in [4.69, 9.17) is 9.15 Å². The average molecular weight is 499 g/mol. The molecule has 0 amide bonds. The molecular formula is C29H32F2O5. The van der Waals surface area contributed by atoms with Crippen molar-refractivity contribution in [2.24, 2.45) is 28.6 Å². The van der Waals surface area contributed by atoms with Crippen LogP contribution in [-0.4, -0.2) is 40.9 Å². The van der Waals surface area contributed by atoms with Crippen LogP contribution in [0.25, 0.3) is 0 Å². The first-order valence-corrected chi connectivity index (χ1v) is 12.6. The first-order valence-electron chi connectivity index (χ1n) is 12.6. The van der Waals surface area contributed by atoms with Gasteiger partial charge in [-0.2, -0.15) is 0 Å². The van der Waals surface area contributed by atoms with Gasteiger partial charge in [0, 0.05) is 28.7 Å². The summed E-state index contributed by atoms with van der Waals surface area (Å²) < 4.78 is 44.3. The van der Waals surface area contributed by atoms with Crippen LogP contribution in [0, 0.1) is 40.4 Å². The smallest absolute Gasteiger partial charge is 0.374 e. The van der Waals surface area contributed by atoms with Gasteiger partial charge in [0.2, 0.25) is 5.76 Å². The lowest BCUT2D eigenvalue weighted by molar-refractivity contribution is -0.207. The molecule has 192 valence electrons. The molecule has 0 saturated heterocycles. The number of hydrogen-bond acceptors (Lipinski definition) is 5. The van der Waals surface area contributed by atoms with Gasteiger partial charge in [-0.25, -0.2) is 13.6 Å². The zero-order valence-corrected chi connectivity index (χ0v) is 21.0. The summed E-state index contributed by atoms with van der Waals surface area (Å²) in [5.41, 5.74) is -4.00. The SMILES string of the molecule is CC#CCC1=C[C@@]2(C)C(=CC1=O)[C@@H](F)C[C@H]1[C@@H]3C[C@@H](C)[C@H](OC(=O)c4ccco4)[C@@]3(C)C[C@H](O)[C@@]12F. The quantitative estimate of drug-likeness (QED) is 0.461. The Bertz CT molecular complexity index is 1210. The molecule has 0 bridgehead atoms. The summed E-state index contributed by atoms with van der Waals surface area (Å²) in [7, 11) is 0. The van der Waals surface area contributed by atoms with E-state index in [0.717, 1.165) is 0 Å². The summed E-state index contributed by atoms with van der Waals surface area (Å²) in [4.78, 5) is 25.4. The number of alkyl halides is 2. The van der Waals surface area contributed by atoms with Gasteiger partial charge in [-0.05, 0) is 68.7 Å². The number of hydrogen-bond donors (Lipinski definition) is 1. The van der Waals surface area contributed by atoms with Gasteiger partial charge in [0.25, 0.3) is 0 Å². The van der Waals surface area contributed by atoms with Crippen molar-refractivity contribution in [2.45, 2.75) is 77.4 Å². The predicted octanol–water partition coefficient (Wildman–Crippen LogP) is 5.15. The normalized spacial score (nSPS) is 43.2. The molecule has 0 spiro atoms. The molecule has 1 aromatic rings. The first kappa shape index (κ1) is 25.0. The van der Waals surface area contributed by atoms with E-state index in [1.807, 2.05) is 13.8 Å². The fourth-order valence-electron chi connectivity index (χ4n) is 7.84. The van der Waals surface area contributed by atoms with Gasteiger partial charge >= 0.3 is 5.97 Å². The number of rotatable bonds is 3. The van der Waals surface area contributed by atoms with Crippen LogP contribution in [0.2, 0.25) is 0 Å². The van der Waals surface area contributed by atoms with Crippen LogP contribution >= 0.6 is 0 Å². The molecule has 0 unspecified atom stereocenters. The Morgan fingerprint density at radius 2 is 2.06 bits per heavy atom. The third kappa shape index (κ3) is 3.30. The summed E-state index contributed by atoms with van der Waals surface area (Å²) in [6.45, 7) is 7.11. The third-order valence-electron chi connectivity index (χ3n) is 9.45. The van der Waals surface area contributed by atoms with E-state index in [-0.39, 0.29) is 48.2 Å². The highest BCUT2D eigenvalue weighted by Crippen LogP contribution is 2.69. The van der Waals surface area contributed by atoms with Crippen molar-refractivity contribution in [3.05, 3.63) is 47.5 Å². The van der Waals surface area contributed by atoms with Crippen LogP contribution in [0.5, 0.6) is 0 Å². The molecule has 1 heterocycles. The molecule has 36 heavy (non-hydrogen) atoms. The van der Waals surface area contributed by atoms with E-state index in [1.165, 1.54) is 24.5 Å². The summed E-state index contributed by atoms with van der Waals surface area (Å²) in [6.07, 6.45) is 1.19. The van der Waals surface area contributed by atoms with Gasteiger partial charge < -0.3 is 14.3 Å². The number of esters is 1. The van der Waals surface area contributed by atoms with Crippen LogP contribution in [-0.2, 0) is 9.53 Å². The number of ketones is 1. The number of fused-ring (bicyclic) bond motifs is 5. The summed E-state index contributed by atoms with van der Waals surface area (Å²) in [6, 6.07) is 3.11. The summed E-state index contributed by atoms with van der Waals surface area (Å²) in [5, 5.41) is 11.5. The predicted molar refractivity (Wildman–Crippen MR) is 128 cm³/mol. The van der Waals surface area contributed by atoms with Gasteiger partial charge in [-0.3, -0.25) is 4.79 Å². The number of carbonyl (C=O) groups excluding carboxylic acids is 2. The van der Waals surface area contributed by atoms with E-state index < -0.39 is 46.8 Å². The van der Waals surface area contributed by atoms with Gasteiger partial charge in [0.1, 0.15) is 12.3 Å². The number of ether oxygens (including phenoxy) is 1. The Morgan fingerprint density at radius 3 is 2.72 bits per heavy atom. The molecule has 1 aromatic heterocycles. The van der Waals surface area contributed by atoms with E-state index in [0.29, 0.717) is 12.0 Å². The van der Waals surface area contributed by atoms with Crippen LogP contribution in [0.4, 0.5) is 8.78 Å². The van der Waals surface area contributed by atoms with Gasteiger partial charge in [-0.15, -0.1) is 5.92 Å². The Balaban J connectivity index is 1.54. The van der Waals surface area contributed by atoms with Crippen molar-refractivity contribution < 1.29 is 32.6 Å². The van der Waals surface area contributed by atoms with Gasteiger partial charge in [-0.1, -0.05) is 25.8 Å². The van der Waals surface area contributed by atoms with Crippen molar-refractivity contribution in [1.29, 1.82) is 0 Å². The minimum Gasteiger partial charge on any atom is -0.457 e. The summed E-state index contributed by atoms with van der Waals surface area (Å²) in [5.74, 6) is 3.45. The molecule has 3 saturated carbocycles. The molecule has 7 heteroatoms. The molecule has 5 rings (SSSR count). The van der Waals surface area contributed by atoms with Crippen molar-refractivity contribution >= 4 is 11.8 Å². The van der Waals surface area contributed by atoms with Crippen LogP contribution in [0.3, 0.4) is 0 Å². The molecule has 0 aromatic carbocycles. The lowest BCUT2D eigenvalue weighted by Crippen LogP contribution is -2.68. The van der Waals surface area contributed by atoms with E-state index in [1.54, 1.807) is 19.9 Å². The Hall–Kier alpha value is -2.72. The molecule has 0 radical (unpaired) electrons. The second kappa shape index (κ2) is 8.41. The second-order valence-electron chi connectivity index (χ2n) is 11.4. The van der Waals surface area contributed by atoms with Crippen molar-refractivity contribution in [3.63, 3.8) is 0 Å². The monoisotopic (exact) mass is 498 g/mol. The standard InChI is InChI=1S/C29H32F2O5/c1-5-6-8-17-14-28(4)20(13-22(17)32)21(30)12-19-18-11-16(2)25(36-26(34)23-9-7-10-35-23)27(18,3)15-24(33)29(19,28)31/h7,9-10,13-14,16,18-19,21,24-25,33H,8,11-12,15H2,1-4H3/t16-,18+,19+,21+,24+,25+,27+,28+,29+/m1/s1. The van der Waals surface area contributed by atoms with E-state index in [2.05, 4.69) is 11.8 Å². The highest BCUT2D eigenvalue weighted by molar-refractivity contribution is 6.06. The number of allylic oxidation sites excluding steroid dienone is 4. The number of aliphatic hydroxyl groups excluding tert-OH is 1.